The Kier molecular flexibility index (Phi) is 3.44. The molecular formula is C21H15NO8. The molecule has 0 atom stereocenters. The quantitative estimate of drug-likeness (QED) is 0.605. The molecule has 3 aliphatic heterocycles. The van der Waals surface area contributed by atoms with Crippen molar-refractivity contribution in [3.63, 3.8) is 0 Å². The Hall–Kier alpha value is -3.88. The number of esters is 1. The zero-order chi connectivity index (χ0) is 20.4. The number of aromatic nitrogens is 1. The fraction of sp³-hybridized carbons (Fsp3) is 0.238. The van der Waals surface area contributed by atoms with Gasteiger partial charge in [-0.3, -0.25) is 0 Å². The van der Waals surface area contributed by atoms with Gasteiger partial charge >= 0.3 is 5.97 Å². The molecule has 0 unspecified atom stereocenters. The van der Waals surface area contributed by atoms with Crippen LogP contribution in [0.2, 0.25) is 0 Å². The predicted molar refractivity (Wildman–Crippen MR) is 102 cm³/mol. The number of ether oxygens (including phenoxy) is 7. The van der Waals surface area contributed by atoms with Gasteiger partial charge in [0.25, 0.3) is 0 Å². The first-order chi connectivity index (χ1) is 14.7. The molecular weight excluding hydrogens is 394 g/mol. The molecule has 1 aromatic heterocycles. The summed E-state index contributed by atoms with van der Waals surface area (Å²) in [6.07, 6.45) is 0. The SMILES string of the molecule is COc1c(-c2c3c(nc4cc5c(cc24)OCO5)COC3=O)cc2c(c1OC)OCO2. The van der Waals surface area contributed by atoms with E-state index in [4.69, 9.17) is 33.2 Å². The number of carbonyl (C=O) groups excluding carboxylic acids is 1. The van der Waals surface area contributed by atoms with Crippen LogP contribution >= 0.6 is 0 Å². The maximum Gasteiger partial charge on any atom is 0.341 e. The topological polar surface area (TPSA) is 94.6 Å². The van der Waals surface area contributed by atoms with E-state index in [9.17, 15) is 4.79 Å². The molecule has 0 fully saturated rings. The molecule has 0 saturated heterocycles. The number of hydrogen-bond donors (Lipinski definition) is 0. The number of benzene rings is 2. The monoisotopic (exact) mass is 409 g/mol. The zero-order valence-corrected chi connectivity index (χ0v) is 16.1. The first-order valence-corrected chi connectivity index (χ1v) is 9.18. The molecule has 0 radical (unpaired) electrons. The van der Waals surface area contributed by atoms with Crippen LogP contribution in [0.3, 0.4) is 0 Å². The maximum absolute atomic E-state index is 12.7. The van der Waals surface area contributed by atoms with Gasteiger partial charge in [0.1, 0.15) is 6.61 Å². The average Bonchev–Trinajstić information content (AvgIpc) is 3.49. The van der Waals surface area contributed by atoms with Gasteiger partial charge in [0.05, 0.1) is 31.0 Å². The zero-order valence-electron chi connectivity index (χ0n) is 16.1. The summed E-state index contributed by atoms with van der Waals surface area (Å²) in [6, 6.07) is 5.37. The van der Waals surface area contributed by atoms with Crippen molar-refractivity contribution < 1.29 is 38.0 Å². The number of methoxy groups -OCH3 is 2. The van der Waals surface area contributed by atoms with Crippen LogP contribution in [0, 0.1) is 0 Å². The highest BCUT2D eigenvalue weighted by Crippen LogP contribution is 2.54. The number of cyclic esters (lactones) is 1. The van der Waals surface area contributed by atoms with Crippen molar-refractivity contribution in [2.75, 3.05) is 27.8 Å². The second-order valence-corrected chi connectivity index (χ2v) is 6.83. The second kappa shape index (κ2) is 6.06. The minimum absolute atomic E-state index is 0.0637. The highest BCUT2D eigenvalue weighted by atomic mass is 16.7. The van der Waals surface area contributed by atoms with Crippen LogP contribution in [0.25, 0.3) is 22.0 Å². The lowest BCUT2D eigenvalue weighted by Gasteiger charge is -2.18. The smallest absolute Gasteiger partial charge is 0.341 e. The number of fused-ring (bicyclic) bond motifs is 4. The number of pyridine rings is 1. The third kappa shape index (κ3) is 2.17. The van der Waals surface area contributed by atoms with Crippen LogP contribution in [-0.2, 0) is 11.3 Å². The van der Waals surface area contributed by atoms with Crippen LogP contribution in [0.15, 0.2) is 18.2 Å². The number of nitrogens with zero attached hydrogens (tertiary/aromatic N) is 1. The Labute approximate surface area is 170 Å². The largest absolute Gasteiger partial charge is 0.492 e. The molecule has 30 heavy (non-hydrogen) atoms. The van der Waals surface area contributed by atoms with Gasteiger partial charge in [0, 0.05) is 22.6 Å². The summed E-state index contributed by atoms with van der Waals surface area (Å²) in [5.74, 6) is 2.46. The second-order valence-electron chi connectivity index (χ2n) is 6.83. The molecule has 0 spiro atoms. The van der Waals surface area contributed by atoms with E-state index in [1.54, 1.807) is 12.1 Å². The Morgan fingerprint density at radius 3 is 2.37 bits per heavy atom. The molecule has 9 nitrogen and oxygen atoms in total. The Balaban J connectivity index is 1.75. The molecule has 4 heterocycles. The van der Waals surface area contributed by atoms with Gasteiger partial charge < -0.3 is 33.2 Å². The molecule has 0 saturated carbocycles. The summed E-state index contributed by atoms with van der Waals surface area (Å²) in [5, 5.41) is 0.691. The molecule has 3 aromatic rings. The average molecular weight is 409 g/mol. The standard InChI is InChI=1S/C21H15NO8/c1-24-18-10(4-15-19(20(18)25-2)30-8-29-15)16-9-3-13-14(28-7-27-13)5-11(9)22-12-6-26-21(23)17(12)16/h3-5H,6-8H2,1-2H3. The molecule has 0 N–H and O–H groups in total. The summed E-state index contributed by atoms with van der Waals surface area (Å²) in [5.41, 5.74) is 2.76. The van der Waals surface area contributed by atoms with E-state index in [0.29, 0.717) is 67.8 Å². The summed E-state index contributed by atoms with van der Waals surface area (Å²) in [4.78, 5) is 17.3. The van der Waals surface area contributed by atoms with Gasteiger partial charge in [-0.15, -0.1) is 0 Å². The van der Waals surface area contributed by atoms with Crippen LogP contribution in [-0.4, -0.2) is 38.8 Å². The predicted octanol–water partition coefficient (Wildman–Crippen LogP) is 3.05. The maximum atomic E-state index is 12.7. The highest BCUT2D eigenvalue weighted by Gasteiger charge is 2.34. The highest BCUT2D eigenvalue weighted by molar-refractivity contribution is 6.11. The summed E-state index contributed by atoms with van der Waals surface area (Å²) < 4.78 is 38.7. The lowest BCUT2D eigenvalue weighted by Crippen LogP contribution is -2.03. The minimum atomic E-state index is -0.453. The third-order valence-corrected chi connectivity index (χ3v) is 5.35. The van der Waals surface area contributed by atoms with Crippen molar-refractivity contribution in [1.82, 2.24) is 4.98 Å². The Morgan fingerprint density at radius 2 is 1.57 bits per heavy atom. The fourth-order valence-corrected chi connectivity index (χ4v) is 4.08. The van der Waals surface area contributed by atoms with E-state index >= 15 is 0 Å². The van der Waals surface area contributed by atoms with Gasteiger partial charge in [-0.25, -0.2) is 9.78 Å². The van der Waals surface area contributed by atoms with Crippen molar-refractivity contribution in [2.24, 2.45) is 0 Å². The van der Waals surface area contributed by atoms with Crippen LogP contribution < -0.4 is 28.4 Å². The van der Waals surface area contributed by atoms with E-state index in [2.05, 4.69) is 4.98 Å². The van der Waals surface area contributed by atoms with Gasteiger partial charge in [-0.1, -0.05) is 0 Å². The fourth-order valence-electron chi connectivity index (χ4n) is 4.08. The molecule has 3 aliphatic rings. The number of carbonyl (C=O) groups is 1. The van der Waals surface area contributed by atoms with Crippen molar-refractivity contribution in [2.45, 2.75) is 6.61 Å². The lowest BCUT2D eigenvalue weighted by atomic mass is 9.93. The van der Waals surface area contributed by atoms with E-state index in [1.807, 2.05) is 6.07 Å². The summed E-state index contributed by atoms with van der Waals surface area (Å²) >= 11 is 0. The van der Waals surface area contributed by atoms with Gasteiger partial charge in [-0.2, -0.15) is 0 Å². The lowest BCUT2D eigenvalue weighted by molar-refractivity contribution is 0.0534. The Bertz CT molecular complexity index is 1250. The molecule has 9 heteroatoms. The van der Waals surface area contributed by atoms with Crippen molar-refractivity contribution in [1.29, 1.82) is 0 Å². The molecule has 152 valence electrons. The molecule has 2 aromatic carbocycles. The van der Waals surface area contributed by atoms with Crippen LogP contribution in [0.5, 0.6) is 34.5 Å². The Morgan fingerprint density at radius 1 is 0.833 bits per heavy atom. The first kappa shape index (κ1) is 17.0. The van der Waals surface area contributed by atoms with Crippen molar-refractivity contribution in [3.05, 3.63) is 29.5 Å². The van der Waals surface area contributed by atoms with E-state index < -0.39 is 5.97 Å². The van der Waals surface area contributed by atoms with Gasteiger partial charge in [0.15, 0.2) is 23.0 Å². The molecule has 0 aliphatic carbocycles. The molecule has 0 bridgehead atoms. The van der Waals surface area contributed by atoms with Gasteiger partial charge in [-0.05, 0) is 12.1 Å². The van der Waals surface area contributed by atoms with Gasteiger partial charge in [0.2, 0.25) is 25.1 Å². The van der Waals surface area contributed by atoms with E-state index in [-0.39, 0.29) is 20.2 Å². The van der Waals surface area contributed by atoms with Crippen molar-refractivity contribution >= 4 is 16.9 Å². The minimum Gasteiger partial charge on any atom is -0.492 e. The normalized spacial score (nSPS) is 15.3. The summed E-state index contributed by atoms with van der Waals surface area (Å²) in [7, 11) is 3.05. The van der Waals surface area contributed by atoms with E-state index in [1.165, 1.54) is 14.2 Å². The summed E-state index contributed by atoms with van der Waals surface area (Å²) in [6.45, 7) is 0.285. The number of rotatable bonds is 3. The van der Waals surface area contributed by atoms with Crippen LogP contribution in [0.4, 0.5) is 0 Å². The van der Waals surface area contributed by atoms with Crippen molar-refractivity contribution in [3.8, 4) is 45.6 Å². The third-order valence-electron chi connectivity index (χ3n) is 5.35. The number of hydrogen-bond acceptors (Lipinski definition) is 9. The van der Waals surface area contributed by atoms with Crippen LogP contribution in [0.1, 0.15) is 16.1 Å². The molecule has 0 amide bonds. The molecule has 6 rings (SSSR count). The van der Waals surface area contributed by atoms with E-state index in [0.717, 1.165) is 0 Å². The first-order valence-electron chi connectivity index (χ1n) is 9.18.